The molecule has 0 radical (unpaired) electrons. The monoisotopic (exact) mass is 410 g/mol. The van der Waals surface area contributed by atoms with Crippen LogP contribution in [0.25, 0.3) is 0 Å². The van der Waals surface area contributed by atoms with E-state index in [1.54, 1.807) is 11.8 Å². The van der Waals surface area contributed by atoms with E-state index in [2.05, 4.69) is 22.3 Å². The lowest BCUT2D eigenvalue weighted by atomic mass is 10.2. The van der Waals surface area contributed by atoms with Gasteiger partial charge < -0.3 is 15.0 Å². The second-order valence-corrected chi connectivity index (χ2v) is 8.91. The van der Waals surface area contributed by atoms with E-state index in [-0.39, 0.29) is 5.91 Å². The molecule has 2 heterocycles. The maximum Gasteiger partial charge on any atom is 0.256 e. The highest BCUT2D eigenvalue weighted by molar-refractivity contribution is 7.99. The quantitative estimate of drug-likeness (QED) is 0.630. The molecule has 4 nitrogen and oxygen atoms in total. The number of hydrogen-bond donors (Lipinski definition) is 1. The lowest BCUT2D eigenvalue weighted by Gasteiger charge is -2.22. The van der Waals surface area contributed by atoms with Crippen LogP contribution in [0.15, 0.2) is 53.4 Å². The molecule has 2 aromatic carbocycles. The van der Waals surface area contributed by atoms with Crippen molar-refractivity contribution in [2.75, 3.05) is 35.7 Å². The van der Waals surface area contributed by atoms with Crippen molar-refractivity contribution >= 4 is 29.0 Å². The summed E-state index contributed by atoms with van der Waals surface area (Å²) < 4.78 is 5.71. The molecule has 0 spiro atoms. The third-order valence-electron chi connectivity index (χ3n) is 5.68. The molecule has 1 unspecified atom stereocenters. The standard InChI is InChI=1S/C24H30N2O2S/c27-24(22-9-3-4-10-23(22)29-18-21-8-7-17-28-21)25-19-11-13-20(14-12-19)26-15-5-1-2-6-16-26/h3-4,9-14,21H,1-2,5-8,15-18H2,(H,25,27). The van der Waals surface area contributed by atoms with Crippen molar-refractivity contribution in [1.29, 1.82) is 0 Å². The molecule has 2 saturated heterocycles. The highest BCUT2D eigenvalue weighted by Gasteiger charge is 2.18. The van der Waals surface area contributed by atoms with Crippen molar-refractivity contribution in [3.8, 4) is 0 Å². The van der Waals surface area contributed by atoms with Gasteiger partial charge in [0.05, 0.1) is 11.7 Å². The fourth-order valence-electron chi connectivity index (χ4n) is 4.02. The first kappa shape index (κ1) is 20.3. The van der Waals surface area contributed by atoms with E-state index < -0.39 is 0 Å². The molecule has 2 fully saturated rings. The molecule has 5 heteroatoms. The number of thioether (sulfide) groups is 1. The van der Waals surface area contributed by atoms with Crippen LogP contribution < -0.4 is 10.2 Å². The minimum absolute atomic E-state index is 0.0528. The van der Waals surface area contributed by atoms with Crippen molar-refractivity contribution in [2.24, 2.45) is 0 Å². The number of nitrogens with zero attached hydrogens (tertiary/aromatic N) is 1. The number of ether oxygens (including phenoxy) is 1. The Labute approximate surface area is 178 Å². The van der Waals surface area contributed by atoms with Crippen LogP contribution in [-0.2, 0) is 4.74 Å². The first-order chi connectivity index (χ1) is 14.3. The molecule has 4 rings (SSSR count). The van der Waals surface area contributed by atoms with Crippen molar-refractivity contribution < 1.29 is 9.53 Å². The molecule has 0 aromatic heterocycles. The number of benzene rings is 2. The van der Waals surface area contributed by atoms with E-state index in [4.69, 9.17) is 4.74 Å². The van der Waals surface area contributed by atoms with Gasteiger partial charge in [0.2, 0.25) is 0 Å². The third kappa shape index (κ3) is 5.55. The van der Waals surface area contributed by atoms with E-state index in [1.165, 1.54) is 31.4 Å². The average molecular weight is 411 g/mol. The Kier molecular flexibility index (Phi) is 7.12. The number of anilines is 2. The second-order valence-electron chi connectivity index (χ2n) is 7.84. The summed E-state index contributed by atoms with van der Waals surface area (Å²) in [6.45, 7) is 3.11. The van der Waals surface area contributed by atoms with E-state index in [0.29, 0.717) is 6.10 Å². The lowest BCUT2D eigenvalue weighted by Crippen LogP contribution is -2.23. The van der Waals surface area contributed by atoms with Crippen LogP contribution in [0, 0.1) is 0 Å². The molecule has 0 bridgehead atoms. The van der Waals surface area contributed by atoms with Crippen LogP contribution in [0.3, 0.4) is 0 Å². The molecular formula is C24H30N2O2S. The fraction of sp³-hybridized carbons (Fsp3) is 0.458. The van der Waals surface area contributed by atoms with E-state index >= 15 is 0 Å². The Bertz CT molecular complexity index is 795. The Morgan fingerprint density at radius 1 is 1.00 bits per heavy atom. The van der Waals surface area contributed by atoms with E-state index in [1.807, 2.05) is 36.4 Å². The zero-order valence-corrected chi connectivity index (χ0v) is 17.8. The molecule has 0 aliphatic carbocycles. The van der Waals surface area contributed by atoms with Crippen LogP contribution in [0.5, 0.6) is 0 Å². The van der Waals surface area contributed by atoms with Crippen LogP contribution in [0.1, 0.15) is 48.9 Å². The van der Waals surface area contributed by atoms with Gasteiger partial charge in [0.15, 0.2) is 0 Å². The summed E-state index contributed by atoms with van der Waals surface area (Å²) in [6, 6.07) is 16.1. The van der Waals surface area contributed by atoms with Gasteiger partial charge in [0.1, 0.15) is 0 Å². The Morgan fingerprint density at radius 2 is 1.76 bits per heavy atom. The number of carbonyl (C=O) groups is 1. The number of nitrogens with one attached hydrogen (secondary N) is 1. The Hall–Kier alpha value is -1.98. The number of rotatable bonds is 6. The molecule has 29 heavy (non-hydrogen) atoms. The number of carbonyl (C=O) groups excluding carboxylic acids is 1. The summed E-state index contributed by atoms with van der Waals surface area (Å²) in [7, 11) is 0. The summed E-state index contributed by atoms with van der Waals surface area (Å²) in [4.78, 5) is 16.4. The van der Waals surface area contributed by atoms with Gasteiger partial charge in [0, 0.05) is 41.7 Å². The van der Waals surface area contributed by atoms with Crippen molar-refractivity contribution in [1.82, 2.24) is 0 Å². The molecule has 1 N–H and O–H groups in total. The Balaban J connectivity index is 1.38. The Morgan fingerprint density at radius 3 is 2.48 bits per heavy atom. The highest BCUT2D eigenvalue weighted by atomic mass is 32.2. The molecule has 154 valence electrons. The van der Waals surface area contributed by atoms with Crippen LogP contribution in [0.4, 0.5) is 11.4 Å². The van der Waals surface area contributed by atoms with Gasteiger partial charge in [-0.2, -0.15) is 0 Å². The van der Waals surface area contributed by atoms with Gasteiger partial charge in [-0.05, 0) is 62.1 Å². The fourth-order valence-corrected chi connectivity index (χ4v) is 5.14. The number of amides is 1. The smallest absolute Gasteiger partial charge is 0.256 e. The van der Waals surface area contributed by atoms with Crippen LogP contribution in [0.2, 0.25) is 0 Å². The summed E-state index contributed by atoms with van der Waals surface area (Å²) in [5.41, 5.74) is 2.82. The van der Waals surface area contributed by atoms with Crippen LogP contribution >= 0.6 is 11.8 Å². The van der Waals surface area contributed by atoms with Crippen molar-refractivity contribution in [3.63, 3.8) is 0 Å². The first-order valence-corrected chi connectivity index (χ1v) is 11.8. The molecule has 0 saturated carbocycles. The van der Waals surface area contributed by atoms with E-state index in [0.717, 1.165) is 54.4 Å². The van der Waals surface area contributed by atoms with Crippen LogP contribution in [-0.4, -0.2) is 37.5 Å². The molecular weight excluding hydrogens is 380 g/mol. The first-order valence-electron chi connectivity index (χ1n) is 10.8. The average Bonchev–Trinajstić information content (AvgIpc) is 3.13. The SMILES string of the molecule is O=C(Nc1ccc(N2CCCCCC2)cc1)c1ccccc1SCC1CCCO1. The number of hydrogen-bond acceptors (Lipinski definition) is 4. The van der Waals surface area contributed by atoms with Gasteiger partial charge in [-0.1, -0.05) is 25.0 Å². The maximum absolute atomic E-state index is 12.9. The minimum atomic E-state index is -0.0528. The second kappa shape index (κ2) is 10.2. The predicted octanol–water partition coefficient (Wildman–Crippen LogP) is 5.59. The normalized spacial score (nSPS) is 19.7. The maximum atomic E-state index is 12.9. The van der Waals surface area contributed by atoms with Gasteiger partial charge in [0.25, 0.3) is 5.91 Å². The molecule has 2 aromatic rings. The van der Waals surface area contributed by atoms with Gasteiger partial charge in [-0.15, -0.1) is 11.8 Å². The summed E-state index contributed by atoms with van der Waals surface area (Å²) in [5.74, 6) is 0.845. The molecule has 1 atom stereocenters. The third-order valence-corrected chi connectivity index (χ3v) is 6.88. The van der Waals surface area contributed by atoms with Gasteiger partial charge >= 0.3 is 0 Å². The predicted molar refractivity (Wildman–Crippen MR) is 121 cm³/mol. The highest BCUT2D eigenvalue weighted by Crippen LogP contribution is 2.28. The molecule has 1 amide bonds. The van der Waals surface area contributed by atoms with Crippen molar-refractivity contribution in [3.05, 3.63) is 54.1 Å². The largest absolute Gasteiger partial charge is 0.377 e. The van der Waals surface area contributed by atoms with Gasteiger partial charge in [-0.3, -0.25) is 4.79 Å². The van der Waals surface area contributed by atoms with Gasteiger partial charge in [-0.25, -0.2) is 0 Å². The summed E-state index contributed by atoms with van der Waals surface area (Å²) in [5, 5.41) is 3.07. The van der Waals surface area contributed by atoms with Crippen molar-refractivity contribution in [2.45, 2.75) is 49.5 Å². The lowest BCUT2D eigenvalue weighted by molar-refractivity contribution is 0.102. The molecule has 2 aliphatic rings. The minimum Gasteiger partial charge on any atom is -0.377 e. The zero-order chi connectivity index (χ0) is 19.9. The van der Waals surface area contributed by atoms with E-state index in [9.17, 15) is 4.79 Å². The summed E-state index contributed by atoms with van der Waals surface area (Å²) in [6.07, 6.45) is 7.75. The zero-order valence-electron chi connectivity index (χ0n) is 16.9. The topological polar surface area (TPSA) is 41.6 Å². The molecule has 2 aliphatic heterocycles. The summed E-state index contributed by atoms with van der Waals surface area (Å²) >= 11 is 1.71.